The number of methoxy groups -OCH3 is 2. The van der Waals surface area contributed by atoms with Gasteiger partial charge < -0.3 is 19.1 Å². The average molecular weight is 341 g/mol. The molecule has 132 valence electrons. The van der Waals surface area contributed by atoms with Crippen molar-refractivity contribution in [2.75, 3.05) is 45.4 Å². The molecule has 1 heterocycles. The molecule has 0 aromatic heterocycles. The molecule has 0 spiro atoms. The Bertz CT molecular complexity index is 766. The van der Waals surface area contributed by atoms with Gasteiger partial charge in [0.25, 0.3) is 0 Å². The molecule has 25 heavy (non-hydrogen) atoms. The predicted octanol–water partition coefficient (Wildman–Crippen LogP) is 3.41. The van der Waals surface area contributed by atoms with Gasteiger partial charge in [0.1, 0.15) is 11.5 Å². The Kier molecular flexibility index (Phi) is 5.24. The summed E-state index contributed by atoms with van der Waals surface area (Å²) in [4.78, 5) is 14.2. The van der Waals surface area contributed by atoms with Crippen LogP contribution >= 0.6 is 0 Å². The van der Waals surface area contributed by atoms with Gasteiger partial charge in [-0.25, -0.2) is 0 Å². The molecular formula is C20H23NO4. The molecule has 1 aliphatic rings. The first kappa shape index (κ1) is 17.3. The Labute approximate surface area is 148 Å². The van der Waals surface area contributed by atoms with Crippen molar-refractivity contribution in [1.82, 2.24) is 0 Å². The van der Waals surface area contributed by atoms with Crippen molar-refractivity contribution in [2.45, 2.75) is 6.92 Å². The summed E-state index contributed by atoms with van der Waals surface area (Å²) in [6.45, 7) is 4.63. The minimum Gasteiger partial charge on any atom is -0.497 e. The van der Waals surface area contributed by atoms with E-state index >= 15 is 0 Å². The number of morpholine rings is 1. The molecule has 1 saturated heterocycles. The Morgan fingerprint density at radius 1 is 1.00 bits per heavy atom. The number of Topliss-reactive ketones (excluding diaryl/α,β-unsaturated/α-hetero) is 1. The molecule has 0 atom stereocenters. The van der Waals surface area contributed by atoms with Crippen LogP contribution in [0.5, 0.6) is 11.5 Å². The maximum atomic E-state index is 11.9. The summed E-state index contributed by atoms with van der Waals surface area (Å²) in [5.41, 5.74) is 3.68. The Morgan fingerprint density at radius 3 is 2.40 bits per heavy atom. The zero-order valence-corrected chi connectivity index (χ0v) is 14.9. The molecule has 2 aromatic rings. The van der Waals surface area contributed by atoms with Crippen LogP contribution in [0.2, 0.25) is 0 Å². The number of carbonyl (C=O) groups excluding carboxylic acids is 1. The smallest absolute Gasteiger partial charge is 0.159 e. The Balaban J connectivity index is 2.14. The second kappa shape index (κ2) is 7.57. The Morgan fingerprint density at radius 2 is 1.76 bits per heavy atom. The number of hydrogen-bond donors (Lipinski definition) is 0. The zero-order chi connectivity index (χ0) is 17.8. The topological polar surface area (TPSA) is 48.0 Å². The quantitative estimate of drug-likeness (QED) is 0.780. The van der Waals surface area contributed by atoms with Gasteiger partial charge >= 0.3 is 0 Å². The average Bonchev–Trinajstić information content (AvgIpc) is 2.67. The van der Waals surface area contributed by atoms with Crippen molar-refractivity contribution in [2.24, 2.45) is 0 Å². The number of ether oxygens (including phenoxy) is 3. The largest absolute Gasteiger partial charge is 0.497 e. The third-order valence-electron chi connectivity index (χ3n) is 4.45. The van der Waals surface area contributed by atoms with E-state index < -0.39 is 0 Å². The van der Waals surface area contributed by atoms with E-state index in [2.05, 4.69) is 4.90 Å². The molecule has 0 unspecified atom stereocenters. The molecule has 0 radical (unpaired) electrons. The zero-order valence-electron chi connectivity index (χ0n) is 14.9. The highest BCUT2D eigenvalue weighted by atomic mass is 16.5. The van der Waals surface area contributed by atoms with Crippen LogP contribution in [0.4, 0.5) is 5.69 Å². The molecule has 5 heteroatoms. The van der Waals surface area contributed by atoms with Gasteiger partial charge in [0, 0.05) is 41.5 Å². The van der Waals surface area contributed by atoms with Crippen LogP contribution in [0, 0.1) is 0 Å². The second-order valence-electron chi connectivity index (χ2n) is 5.95. The standard InChI is InChI=1S/C20H23NO4/c1-14(22)15-4-7-19(21-8-10-25-11-9-21)18(12-15)17-6-5-16(23-2)13-20(17)24-3/h4-7,12-13H,8-11H2,1-3H3. The SMILES string of the molecule is COc1ccc(-c2cc(C(C)=O)ccc2N2CCOCC2)c(OC)c1. The van der Waals surface area contributed by atoms with E-state index in [-0.39, 0.29) is 5.78 Å². The predicted molar refractivity (Wildman–Crippen MR) is 98.0 cm³/mol. The van der Waals surface area contributed by atoms with Crippen LogP contribution in [0.15, 0.2) is 36.4 Å². The highest BCUT2D eigenvalue weighted by Gasteiger charge is 2.19. The van der Waals surface area contributed by atoms with Gasteiger partial charge in [-0.3, -0.25) is 4.79 Å². The van der Waals surface area contributed by atoms with Gasteiger partial charge in [-0.1, -0.05) is 0 Å². The van der Waals surface area contributed by atoms with Gasteiger partial charge in [-0.05, 0) is 37.3 Å². The van der Waals surface area contributed by atoms with E-state index in [9.17, 15) is 4.79 Å². The normalized spacial score (nSPS) is 14.3. The lowest BCUT2D eigenvalue weighted by molar-refractivity contribution is 0.101. The third-order valence-corrected chi connectivity index (χ3v) is 4.45. The molecular weight excluding hydrogens is 318 g/mol. The first-order chi connectivity index (χ1) is 12.1. The van der Waals surface area contributed by atoms with Crippen molar-refractivity contribution in [3.63, 3.8) is 0 Å². The minimum absolute atomic E-state index is 0.0438. The fraction of sp³-hybridized carbons (Fsp3) is 0.350. The van der Waals surface area contributed by atoms with Crippen LogP contribution in [0.25, 0.3) is 11.1 Å². The number of ketones is 1. The monoisotopic (exact) mass is 341 g/mol. The van der Waals surface area contributed by atoms with Crippen molar-refractivity contribution >= 4 is 11.5 Å². The van der Waals surface area contributed by atoms with Gasteiger partial charge in [0.15, 0.2) is 5.78 Å². The van der Waals surface area contributed by atoms with Crippen LogP contribution in [-0.4, -0.2) is 46.3 Å². The van der Waals surface area contributed by atoms with Crippen molar-refractivity contribution in [3.8, 4) is 22.6 Å². The lowest BCUT2D eigenvalue weighted by Crippen LogP contribution is -2.36. The van der Waals surface area contributed by atoms with Crippen LogP contribution in [-0.2, 0) is 4.74 Å². The fourth-order valence-corrected chi connectivity index (χ4v) is 3.07. The van der Waals surface area contributed by atoms with E-state index in [1.165, 1.54) is 0 Å². The maximum Gasteiger partial charge on any atom is 0.159 e. The molecule has 0 aliphatic carbocycles. The van der Waals surface area contributed by atoms with E-state index in [1.54, 1.807) is 21.1 Å². The van der Waals surface area contributed by atoms with Gasteiger partial charge in [-0.2, -0.15) is 0 Å². The first-order valence-electron chi connectivity index (χ1n) is 8.34. The molecule has 3 rings (SSSR count). The number of rotatable bonds is 5. The molecule has 0 N–H and O–H groups in total. The number of carbonyl (C=O) groups is 1. The van der Waals surface area contributed by atoms with Crippen LogP contribution in [0.3, 0.4) is 0 Å². The van der Waals surface area contributed by atoms with Gasteiger partial charge in [-0.15, -0.1) is 0 Å². The summed E-state index contributed by atoms with van der Waals surface area (Å²) in [6.07, 6.45) is 0. The summed E-state index contributed by atoms with van der Waals surface area (Å²) in [6, 6.07) is 11.6. The van der Waals surface area contributed by atoms with E-state index in [4.69, 9.17) is 14.2 Å². The number of nitrogens with zero attached hydrogens (tertiary/aromatic N) is 1. The van der Waals surface area contributed by atoms with E-state index in [0.717, 1.165) is 41.4 Å². The molecule has 5 nitrogen and oxygen atoms in total. The molecule has 2 aromatic carbocycles. The second-order valence-corrected chi connectivity index (χ2v) is 5.95. The Hall–Kier alpha value is -2.53. The van der Waals surface area contributed by atoms with Gasteiger partial charge in [0.2, 0.25) is 0 Å². The molecule has 0 saturated carbocycles. The highest BCUT2D eigenvalue weighted by molar-refractivity contribution is 5.97. The number of benzene rings is 2. The van der Waals surface area contributed by atoms with E-state index in [0.29, 0.717) is 18.8 Å². The minimum atomic E-state index is 0.0438. The fourth-order valence-electron chi connectivity index (χ4n) is 3.07. The number of anilines is 1. The van der Waals surface area contributed by atoms with Gasteiger partial charge in [0.05, 0.1) is 27.4 Å². The summed E-state index contributed by atoms with van der Waals surface area (Å²) < 4.78 is 16.3. The van der Waals surface area contributed by atoms with Crippen molar-refractivity contribution in [1.29, 1.82) is 0 Å². The molecule has 1 aliphatic heterocycles. The lowest BCUT2D eigenvalue weighted by atomic mass is 9.97. The summed E-state index contributed by atoms with van der Waals surface area (Å²) >= 11 is 0. The first-order valence-corrected chi connectivity index (χ1v) is 8.34. The summed E-state index contributed by atoms with van der Waals surface area (Å²) in [7, 11) is 3.27. The maximum absolute atomic E-state index is 11.9. The van der Waals surface area contributed by atoms with Crippen LogP contribution in [0.1, 0.15) is 17.3 Å². The molecule has 0 bridgehead atoms. The summed E-state index contributed by atoms with van der Waals surface area (Å²) in [5.74, 6) is 1.49. The lowest BCUT2D eigenvalue weighted by Gasteiger charge is -2.31. The van der Waals surface area contributed by atoms with Crippen LogP contribution < -0.4 is 14.4 Å². The molecule has 0 amide bonds. The van der Waals surface area contributed by atoms with E-state index in [1.807, 2.05) is 36.4 Å². The number of hydrogen-bond acceptors (Lipinski definition) is 5. The highest BCUT2D eigenvalue weighted by Crippen LogP contribution is 2.39. The molecule has 1 fully saturated rings. The van der Waals surface area contributed by atoms with Crippen molar-refractivity contribution in [3.05, 3.63) is 42.0 Å². The summed E-state index contributed by atoms with van der Waals surface area (Å²) in [5, 5.41) is 0. The third kappa shape index (κ3) is 3.61. The van der Waals surface area contributed by atoms with Crippen molar-refractivity contribution < 1.29 is 19.0 Å².